The lowest BCUT2D eigenvalue weighted by atomic mass is 9.77. The molecule has 0 bridgehead atoms. The van der Waals surface area contributed by atoms with E-state index in [-0.39, 0.29) is 11.3 Å². The lowest BCUT2D eigenvalue weighted by molar-refractivity contribution is 0.00578. The summed E-state index contributed by atoms with van der Waals surface area (Å²) in [5.74, 6) is -0.884. The van der Waals surface area contributed by atoms with Crippen LogP contribution in [-0.2, 0) is 9.31 Å². The third-order valence-corrected chi connectivity index (χ3v) is 4.14. The van der Waals surface area contributed by atoms with Crippen LogP contribution < -0.4 is 15.9 Å². The molecule has 0 unspecified atom stereocenters. The Kier molecular flexibility index (Phi) is 3.67. The summed E-state index contributed by atoms with van der Waals surface area (Å²) in [5, 5.41) is 9.26. The first-order chi connectivity index (χ1) is 9.59. The van der Waals surface area contributed by atoms with Gasteiger partial charge in [0.2, 0.25) is 0 Å². The maximum Gasteiger partial charge on any atom is 0.496 e. The molecule has 2 rings (SSSR count). The average Bonchev–Trinajstić information content (AvgIpc) is 2.57. The van der Waals surface area contributed by atoms with E-state index < -0.39 is 24.3 Å². The van der Waals surface area contributed by atoms with E-state index in [0.29, 0.717) is 11.2 Å². The Morgan fingerprint density at radius 3 is 2.19 bits per heavy atom. The molecule has 6 nitrogen and oxygen atoms in total. The van der Waals surface area contributed by atoms with Crippen molar-refractivity contribution in [2.45, 2.75) is 38.9 Å². The molecule has 1 fully saturated rings. The van der Waals surface area contributed by atoms with Gasteiger partial charge in [0.25, 0.3) is 0 Å². The van der Waals surface area contributed by atoms with E-state index in [1.165, 1.54) is 19.2 Å². The van der Waals surface area contributed by atoms with Gasteiger partial charge in [-0.05, 0) is 33.8 Å². The zero-order valence-electron chi connectivity index (χ0n) is 12.9. The van der Waals surface area contributed by atoms with Crippen molar-refractivity contribution in [3.63, 3.8) is 0 Å². The van der Waals surface area contributed by atoms with Crippen LogP contribution in [0.25, 0.3) is 0 Å². The third kappa shape index (κ3) is 2.58. The zero-order chi connectivity index (χ0) is 16.0. The summed E-state index contributed by atoms with van der Waals surface area (Å²) in [6.07, 6.45) is 0. The number of carboxylic acids is 1. The van der Waals surface area contributed by atoms with Crippen molar-refractivity contribution in [3.8, 4) is 5.75 Å². The zero-order valence-corrected chi connectivity index (χ0v) is 12.9. The van der Waals surface area contributed by atoms with Gasteiger partial charge >= 0.3 is 13.1 Å². The van der Waals surface area contributed by atoms with Gasteiger partial charge in [-0.2, -0.15) is 0 Å². The van der Waals surface area contributed by atoms with Gasteiger partial charge in [-0.15, -0.1) is 0 Å². The van der Waals surface area contributed by atoms with Crippen LogP contribution in [0.3, 0.4) is 0 Å². The number of benzene rings is 1. The minimum atomic E-state index is -1.09. The van der Waals surface area contributed by atoms with Gasteiger partial charge in [-0.25, -0.2) is 4.79 Å². The van der Waals surface area contributed by atoms with E-state index in [0.717, 1.165) is 0 Å². The van der Waals surface area contributed by atoms with E-state index >= 15 is 0 Å². The minimum absolute atomic E-state index is 0.0245. The van der Waals surface area contributed by atoms with Crippen LogP contribution >= 0.6 is 0 Å². The summed E-state index contributed by atoms with van der Waals surface area (Å²) < 4.78 is 16.9. The van der Waals surface area contributed by atoms with Crippen molar-refractivity contribution >= 4 is 24.2 Å². The van der Waals surface area contributed by atoms with Gasteiger partial charge in [0.1, 0.15) is 11.3 Å². The van der Waals surface area contributed by atoms with Crippen molar-refractivity contribution in [1.29, 1.82) is 0 Å². The molecule has 1 aliphatic rings. The SMILES string of the molecule is COc1cc(N)c(B2OC(C)(C)C(C)(C)O2)cc1C(=O)O. The van der Waals surface area contributed by atoms with E-state index in [4.69, 9.17) is 19.8 Å². The number of rotatable bonds is 3. The van der Waals surface area contributed by atoms with Gasteiger partial charge in [-0.1, -0.05) is 0 Å². The molecule has 0 aliphatic carbocycles. The fraction of sp³-hybridized carbons (Fsp3) is 0.500. The molecule has 1 aliphatic heterocycles. The molecule has 0 aromatic heterocycles. The molecule has 0 saturated carbocycles. The van der Waals surface area contributed by atoms with Gasteiger partial charge in [0, 0.05) is 17.2 Å². The maximum atomic E-state index is 11.3. The van der Waals surface area contributed by atoms with Crippen LogP contribution in [0.15, 0.2) is 12.1 Å². The highest BCUT2D eigenvalue weighted by Crippen LogP contribution is 2.37. The molecule has 0 amide bonds. The minimum Gasteiger partial charge on any atom is -0.496 e. The first-order valence-corrected chi connectivity index (χ1v) is 6.65. The largest absolute Gasteiger partial charge is 0.496 e. The molecule has 7 heteroatoms. The standard InChI is InChI=1S/C14H20BNO5/c1-13(2)14(3,4)21-15(20-13)9-6-8(12(17)18)11(19-5)7-10(9)16/h6-7H,16H2,1-5H3,(H,17,18). The molecule has 0 radical (unpaired) electrons. The average molecular weight is 293 g/mol. The fourth-order valence-corrected chi connectivity index (χ4v) is 2.12. The van der Waals surface area contributed by atoms with Crippen LogP contribution in [0.4, 0.5) is 5.69 Å². The molecular formula is C14H20BNO5. The predicted octanol–water partition coefficient (Wildman–Crippen LogP) is 1.27. The maximum absolute atomic E-state index is 11.3. The Morgan fingerprint density at radius 2 is 1.76 bits per heavy atom. The van der Waals surface area contributed by atoms with Crippen LogP contribution in [0, 0.1) is 0 Å². The van der Waals surface area contributed by atoms with E-state index in [1.54, 1.807) is 0 Å². The van der Waals surface area contributed by atoms with Crippen LogP contribution in [-0.4, -0.2) is 36.5 Å². The number of nitrogen functional groups attached to an aromatic ring is 1. The highest BCUT2D eigenvalue weighted by atomic mass is 16.7. The number of methoxy groups -OCH3 is 1. The second-order valence-corrected chi connectivity index (χ2v) is 6.07. The molecular weight excluding hydrogens is 273 g/mol. The van der Waals surface area contributed by atoms with E-state index in [1.807, 2.05) is 27.7 Å². The van der Waals surface area contributed by atoms with Crippen LogP contribution in [0.1, 0.15) is 38.1 Å². The number of carbonyl (C=O) groups is 1. The number of nitrogens with two attached hydrogens (primary N) is 1. The Morgan fingerprint density at radius 1 is 1.24 bits per heavy atom. The van der Waals surface area contributed by atoms with Crippen molar-refractivity contribution in [3.05, 3.63) is 17.7 Å². The first-order valence-electron chi connectivity index (χ1n) is 6.65. The Bertz CT molecular complexity index is 569. The molecule has 1 heterocycles. The molecule has 21 heavy (non-hydrogen) atoms. The summed E-state index contributed by atoms with van der Waals surface area (Å²) in [6.45, 7) is 7.69. The second kappa shape index (κ2) is 4.93. The molecule has 0 atom stereocenters. The van der Waals surface area contributed by atoms with Gasteiger partial charge in [0.05, 0.1) is 18.3 Å². The number of aromatic carboxylic acids is 1. The Hall–Kier alpha value is -1.73. The monoisotopic (exact) mass is 293 g/mol. The van der Waals surface area contributed by atoms with Crippen LogP contribution in [0.5, 0.6) is 5.75 Å². The lowest BCUT2D eigenvalue weighted by Gasteiger charge is -2.32. The molecule has 1 aromatic carbocycles. The second-order valence-electron chi connectivity index (χ2n) is 6.07. The van der Waals surface area contributed by atoms with Crippen molar-refractivity contribution in [1.82, 2.24) is 0 Å². The summed E-state index contributed by atoms with van der Waals surface area (Å²) in [4.78, 5) is 11.3. The number of hydrogen-bond donors (Lipinski definition) is 2. The van der Waals surface area contributed by atoms with Gasteiger partial charge in [-0.3, -0.25) is 0 Å². The number of hydrogen-bond acceptors (Lipinski definition) is 5. The molecule has 0 spiro atoms. The lowest BCUT2D eigenvalue weighted by Crippen LogP contribution is -2.41. The van der Waals surface area contributed by atoms with E-state index in [9.17, 15) is 9.90 Å². The topological polar surface area (TPSA) is 91.0 Å². The van der Waals surface area contributed by atoms with Crippen LogP contribution in [0.2, 0.25) is 0 Å². The van der Waals surface area contributed by atoms with Crippen molar-refractivity contribution < 1.29 is 23.9 Å². The predicted molar refractivity (Wildman–Crippen MR) is 80.1 cm³/mol. The molecule has 1 aromatic rings. The first kappa shape index (κ1) is 15.7. The number of ether oxygens (including phenoxy) is 1. The number of anilines is 1. The molecule has 3 N–H and O–H groups in total. The van der Waals surface area contributed by atoms with Gasteiger partial charge < -0.3 is 24.9 Å². The normalized spacial score (nSPS) is 19.6. The Balaban J connectivity index is 2.47. The van der Waals surface area contributed by atoms with Crippen molar-refractivity contribution in [2.75, 3.05) is 12.8 Å². The molecule has 114 valence electrons. The van der Waals surface area contributed by atoms with E-state index in [2.05, 4.69) is 0 Å². The smallest absolute Gasteiger partial charge is 0.496 e. The van der Waals surface area contributed by atoms with Crippen molar-refractivity contribution in [2.24, 2.45) is 0 Å². The quantitative estimate of drug-likeness (QED) is 0.644. The third-order valence-electron chi connectivity index (χ3n) is 4.14. The number of carboxylic acid groups (broad SMARTS) is 1. The molecule has 1 saturated heterocycles. The van der Waals surface area contributed by atoms with Gasteiger partial charge in [0.15, 0.2) is 0 Å². The summed E-state index contributed by atoms with van der Waals surface area (Å²) in [7, 11) is 0.689. The summed E-state index contributed by atoms with van der Waals surface area (Å²) in [6, 6.07) is 2.92. The highest BCUT2D eigenvalue weighted by molar-refractivity contribution is 6.64. The summed E-state index contributed by atoms with van der Waals surface area (Å²) in [5.41, 5.74) is 5.84. The highest BCUT2D eigenvalue weighted by Gasteiger charge is 2.52. The fourth-order valence-electron chi connectivity index (χ4n) is 2.12. The Labute approximate surface area is 124 Å². The summed E-state index contributed by atoms with van der Waals surface area (Å²) >= 11 is 0.